The van der Waals surface area contributed by atoms with Crippen molar-refractivity contribution >= 4 is 15.9 Å². The lowest BCUT2D eigenvalue weighted by Crippen LogP contribution is -2.25. The minimum Gasteiger partial charge on any atom is -0.348 e. The van der Waals surface area contributed by atoms with Gasteiger partial charge < -0.3 is 9.47 Å². The van der Waals surface area contributed by atoms with Crippen LogP contribution in [0.15, 0.2) is 0 Å². The molecule has 1 rings (SSSR count). The number of ether oxygens (including phenoxy) is 2. The molecular weight excluding hydrogens is 196 g/mol. The van der Waals surface area contributed by atoms with Crippen molar-refractivity contribution in [3.05, 3.63) is 0 Å². The third-order valence-corrected chi connectivity index (χ3v) is 2.22. The van der Waals surface area contributed by atoms with Crippen LogP contribution in [0.4, 0.5) is 0 Å². The monoisotopic (exact) mass is 208 g/mol. The van der Waals surface area contributed by atoms with E-state index < -0.39 is 0 Å². The SMILES string of the molecule is CC1(CCCBr)OCCO1. The summed E-state index contributed by atoms with van der Waals surface area (Å²) in [7, 11) is 0. The standard InChI is InChI=1S/C7H13BrO2/c1-7(3-2-4-8)9-5-6-10-7/h2-6H2,1H3. The lowest BCUT2D eigenvalue weighted by atomic mass is 10.2. The van der Waals surface area contributed by atoms with Gasteiger partial charge in [0.15, 0.2) is 5.79 Å². The molecule has 3 heteroatoms. The zero-order chi connectivity index (χ0) is 7.45. The van der Waals surface area contributed by atoms with Crippen molar-refractivity contribution in [1.29, 1.82) is 0 Å². The maximum atomic E-state index is 5.40. The first kappa shape index (κ1) is 8.50. The molecule has 0 aromatic carbocycles. The van der Waals surface area contributed by atoms with E-state index in [-0.39, 0.29) is 5.79 Å². The molecule has 1 heterocycles. The zero-order valence-corrected chi connectivity index (χ0v) is 7.82. The quantitative estimate of drug-likeness (QED) is 0.661. The van der Waals surface area contributed by atoms with Gasteiger partial charge in [0.2, 0.25) is 0 Å². The van der Waals surface area contributed by atoms with Gasteiger partial charge in [0.1, 0.15) is 0 Å². The Bertz CT molecular complexity index is 99.8. The summed E-state index contributed by atoms with van der Waals surface area (Å²) in [6.07, 6.45) is 2.09. The first-order valence-corrected chi connectivity index (χ1v) is 4.73. The minimum absolute atomic E-state index is 0.284. The van der Waals surface area contributed by atoms with E-state index in [4.69, 9.17) is 9.47 Å². The van der Waals surface area contributed by atoms with Crippen molar-refractivity contribution in [3.8, 4) is 0 Å². The number of rotatable bonds is 3. The molecule has 0 saturated carbocycles. The average molecular weight is 209 g/mol. The van der Waals surface area contributed by atoms with E-state index in [9.17, 15) is 0 Å². The van der Waals surface area contributed by atoms with Crippen LogP contribution >= 0.6 is 15.9 Å². The molecule has 0 aromatic rings. The largest absolute Gasteiger partial charge is 0.348 e. The van der Waals surface area contributed by atoms with Gasteiger partial charge in [-0.05, 0) is 13.3 Å². The number of hydrogen-bond donors (Lipinski definition) is 0. The predicted octanol–water partition coefficient (Wildman–Crippen LogP) is 1.92. The van der Waals surface area contributed by atoms with Crippen molar-refractivity contribution in [2.75, 3.05) is 18.5 Å². The third kappa shape index (κ3) is 2.22. The molecule has 0 unspecified atom stereocenters. The molecule has 0 aliphatic carbocycles. The summed E-state index contributed by atoms with van der Waals surface area (Å²) in [4.78, 5) is 0. The Morgan fingerprint density at radius 3 is 2.50 bits per heavy atom. The number of alkyl halides is 1. The average Bonchev–Trinajstić information content (AvgIpc) is 2.33. The van der Waals surface area contributed by atoms with Crippen molar-refractivity contribution < 1.29 is 9.47 Å². The Labute approximate surface area is 70.0 Å². The van der Waals surface area contributed by atoms with Gasteiger partial charge in [0.25, 0.3) is 0 Å². The summed E-state index contributed by atoms with van der Waals surface area (Å²) in [5.74, 6) is -0.284. The van der Waals surface area contributed by atoms with E-state index in [1.54, 1.807) is 0 Å². The molecule has 1 fully saturated rings. The Morgan fingerprint density at radius 1 is 1.40 bits per heavy atom. The molecule has 0 radical (unpaired) electrons. The van der Waals surface area contributed by atoms with Gasteiger partial charge in [-0.3, -0.25) is 0 Å². The van der Waals surface area contributed by atoms with Crippen molar-refractivity contribution in [2.45, 2.75) is 25.6 Å². The Morgan fingerprint density at radius 2 is 2.00 bits per heavy atom. The van der Waals surface area contributed by atoms with Crippen LogP contribution in [0.1, 0.15) is 19.8 Å². The van der Waals surface area contributed by atoms with Crippen molar-refractivity contribution in [3.63, 3.8) is 0 Å². The second-order valence-electron chi connectivity index (χ2n) is 2.62. The van der Waals surface area contributed by atoms with Crippen LogP contribution < -0.4 is 0 Å². The molecule has 0 bridgehead atoms. The van der Waals surface area contributed by atoms with Crippen LogP contribution in [0.5, 0.6) is 0 Å². The summed E-state index contributed by atoms with van der Waals surface area (Å²) >= 11 is 3.37. The summed E-state index contributed by atoms with van der Waals surface area (Å²) in [6, 6.07) is 0. The fraction of sp³-hybridized carbons (Fsp3) is 1.00. The van der Waals surface area contributed by atoms with Gasteiger partial charge in [-0.1, -0.05) is 15.9 Å². The van der Waals surface area contributed by atoms with Crippen LogP contribution in [0.25, 0.3) is 0 Å². The van der Waals surface area contributed by atoms with E-state index in [1.165, 1.54) is 0 Å². The Balaban J connectivity index is 2.22. The molecule has 0 spiro atoms. The Hall–Kier alpha value is 0.400. The second-order valence-corrected chi connectivity index (χ2v) is 3.42. The second kappa shape index (κ2) is 3.69. The van der Waals surface area contributed by atoms with Crippen LogP contribution in [0.3, 0.4) is 0 Å². The molecule has 0 N–H and O–H groups in total. The predicted molar refractivity (Wildman–Crippen MR) is 43.3 cm³/mol. The van der Waals surface area contributed by atoms with E-state index in [0.29, 0.717) is 0 Å². The molecule has 0 atom stereocenters. The van der Waals surface area contributed by atoms with E-state index >= 15 is 0 Å². The van der Waals surface area contributed by atoms with Gasteiger partial charge in [0, 0.05) is 11.8 Å². The lowest BCUT2D eigenvalue weighted by molar-refractivity contribution is -0.146. The first-order chi connectivity index (χ1) is 4.77. The lowest BCUT2D eigenvalue weighted by Gasteiger charge is -2.21. The smallest absolute Gasteiger partial charge is 0.165 e. The fourth-order valence-electron chi connectivity index (χ4n) is 1.09. The van der Waals surface area contributed by atoms with Crippen LogP contribution in [-0.2, 0) is 9.47 Å². The van der Waals surface area contributed by atoms with Gasteiger partial charge in [-0.2, -0.15) is 0 Å². The molecule has 1 aliphatic rings. The summed E-state index contributed by atoms with van der Waals surface area (Å²) in [6.45, 7) is 3.50. The fourth-order valence-corrected chi connectivity index (χ4v) is 1.37. The van der Waals surface area contributed by atoms with Crippen molar-refractivity contribution in [1.82, 2.24) is 0 Å². The highest BCUT2D eigenvalue weighted by Gasteiger charge is 2.29. The van der Waals surface area contributed by atoms with Crippen LogP contribution in [0.2, 0.25) is 0 Å². The molecule has 2 nitrogen and oxygen atoms in total. The van der Waals surface area contributed by atoms with E-state index in [1.807, 2.05) is 6.92 Å². The van der Waals surface area contributed by atoms with Gasteiger partial charge in [0.05, 0.1) is 13.2 Å². The zero-order valence-electron chi connectivity index (χ0n) is 6.23. The highest BCUT2D eigenvalue weighted by molar-refractivity contribution is 9.09. The van der Waals surface area contributed by atoms with Crippen molar-refractivity contribution in [2.24, 2.45) is 0 Å². The third-order valence-electron chi connectivity index (χ3n) is 1.66. The van der Waals surface area contributed by atoms with Gasteiger partial charge in [-0.15, -0.1) is 0 Å². The van der Waals surface area contributed by atoms with E-state index in [0.717, 1.165) is 31.4 Å². The highest BCUT2D eigenvalue weighted by atomic mass is 79.9. The summed E-state index contributed by atoms with van der Waals surface area (Å²) < 4.78 is 10.8. The van der Waals surface area contributed by atoms with Crippen LogP contribution in [-0.4, -0.2) is 24.3 Å². The molecular formula is C7H13BrO2. The minimum atomic E-state index is -0.284. The van der Waals surface area contributed by atoms with Gasteiger partial charge in [-0.25, -0.2) is 0 Å². The summed E-state index contributed by atoms with van der Waals surface area (Å²) in [5.41, 5.74) is 0. The molecule has 10 heavy (non-hydrogen) atoms. The molecule has 1 saturated heterocycles. The number of hydrogen-bond acceptors (Lipinski definition) is 2. The summed E-state index contributed by atoms with van der Waals surface area (Å²) in [5, 5.41) is 1.02. The Kier molecular flexibility index (Phi) is 3.14. The number of halogens is 1. The highest BCUT2D eigenvalue weighted by Crippen LogP contribution is 2.23. The first-order valence-electron chi connectivity index (χ1n) is 3.61. The maximum Gasteiger partial charge on any atom is 0.165 e. The molecule has 0 amide bonds. The topological polar surface area (TPSA) is 18.5 Å². The van der Waals surface area contributed by atoms with E-state index in [2.05, 4.69) is 15.9 Å². The maximum absolute atomic E-state index is 5.40. The van der Waals surface area contributed by atoms with Gasteiger partial charge >= 0.3 is 0 Å². The van der Waals surface area contributed by atoms with Crippen LogP contribution in [0, 0.1) is 0 Å². The normalized spacial score (nSPS) is 23.4. The molecule has 0 aromatic heterocycles. The molecule has 60 valence electrons. The molecule has 1 aliphatic heterocycles.